The molecule has 1 aliphatic heterocycles. The number of benzene rings is 1. The van der Waals surface area contributed by atoms with Gasteiger partial charge in [0.2, 0.25) is 11.8 Å². The number of hydrogen-bond acceptors (Lipinski definition) is 4. The van der Waals surface area contributed by atoms with Gasteiger partial charge in [0.05, 0.1) is 12.5 Å². The van der Waals surface area contributed by atoms with Crippen LogP contribution in [0.15, 0.2) is 24.3 Å². The van der Waals surface area contributed by atoms with Gasteiger partial charge in [0.25, 0.3) is 0 Å². The van der Waals surface area contributed by atoms with E-state index in [1.165, 1.54) is 0 Å². The number of rotatable bonds is 4. The van der Waals surface area contributed by atoms with Crippen LogP contribution in [0.1, 0.15) is 6.42 Å². The van der Waals surface area contributed by atoms with Crippen LogP contribution in [0.5, 0.6) is 0 Å². The molecule has 1 fully saturated rings. The van der Waals surface area contributed by atoms with Crippen LogP contribution in [-0.2, 0) is 9.59 Å². The molecule has 0 saturated carbocycles. The van der Waals surface area contributed by atoms with Crippen molar-refractivity contribution in [1.29, 1.82) is 0 Å². The zero-order chi connectivity index (χ0) is 15.4. The Balaban J connectivity index is 0.00000242. The van der Waals surface area contributed by atoms with Gasteiger partial charge in [-0.3, -0.25) is 9.59 Å². The van der Waals surface area contributed by atoms with E-state index in [1.807, 2.05) is 24.3 Å². The monoisotopic (exact) mass is 382 g/mol. The molecule has 0 radical (unpaired) electrons. The maximum absolute atomic E-state index is 12.1. The van der Waals surface area contributed by atoms with Crippen molar-refractivity contribution in [2.45, 2.75) is 12.5 Å². The molecule has 0 spiro atoms. The Morgan fingerprint density at radius 3 is 2.09 bits per heavy atom. The zero-order valence-corrected chi connectivity index (χ0v) is 14.9. The van der Waals surface area contributed by atoms with Crippen molar-refractivity contribution in [3.8, 4) is 0 Å². The summed E-state index contributed by atoms with van der Waals surface area (Å²) in [5, 5.41) is 0.699. The third-order valence-corrected chi connectivity index (χ3v) is 3.77. The van der Waals surface area contributed by atoms with E-state index in [0.717, 1.165) is 18.8 Å². The number of carbonyl (C=O) groups is 2. The van der Waals surface area contributed by atoms with Crippen LogP contribution in [-0.4, -0.2) is 48.9 Å². The van der Waals surface area contributed by atoms with Crippen molar-refractivity contribution in [3.05, 3.63) is 29.3 Å². The molecule has 1 aromatic rings. The Hall–Kier alpha value is -1.21. The molecule has 2 rings (SSSR count). The first kappa shape index (κ1) is 21.8. The highest BCUT2D eigenvalue weighted by atomic mass is 35.5. The van der Waals surface area contributed by atoms with Gasteiger partial charge in [0.1, 0.15) is 0 Å². The smallest absolute Gasteiger partial charge is 0.240 e. The number of anilines is 1. The number of hydrogen-bond donors (Lipinski definition) is 2. The first-order valence-electron chi connectivity index (χ1n) is 6.80. The van der Waals surface area contributed by atoms with Crippen molar-refractivity contribution >= 4 is 53.9 Å². The highest BCUT2D eigenvalue weighted by Crippen LogP contribution is 2.19. The van der Waals surface area contributed by atoms with Crippen LogP contribution >= 0.6 is 36.4 Å². The van der Waals surface area contributed by atoms with E-state index in [2.05, 4.69) is 4.90 Å². The summed E-state index contributed by atoms with van der Waals surface area (Å²) < 4.78 is 0. The molecule has 23 heavy (non-hydrogen) atoms. The molecule has 9 heteroatoms. The molecule has 4 N–H and O–H groups in total. The van der Waals surface area contributed by atoms with Gasteiger partial charge in [0.15, 0.2) is 0 Å². The maximum atomic E-state index is 12.1. The first-order chi connectivity index (χ1) is 9.97. The van der Waals surface area contributed by atoms with E-state index in [9.17, 15) is 9.59 Å². The Morgan fingerprint density at radius 1 is 1.09 bits per heavy atom. The van der Waals surface area contributed by atoms with E-state index >= 15 is 0 Å². The van der Waals surface area contributed by atoms with Crippen molar-refractivity contribution in [2.24, 2.45) is 11.5 Å². The lowest BCUT2D eigenvalue weighted by molar-refractivity contribution is -0.134. The predicted octanol–water partition coefficient (Wildman–Crippen LogP) is 1.03. The van der Waals surface area contributed by atoms with E-state index in [4.69, 9.17) is 23.1 Å². The second-order valence-corrected chi connectivity index (χ2v) is 5.50. The van der Waals surface area contributed by atoms with Gasteiger partial charge in [-0.15, -0.1) is 24.8 Å². The van der Waals surface area contributed by atoms with Crippen molar-refractivity contribution < 1.29 is 9.59 Å². The largest absolute Gasteiger partial charge is 0.370 e. The van der Waals surface area contributed by atoms with Crippen LogP contribution in [0.25, 0.3) is 0 Å². The third-order valence-electron chi connectivity index (χ3n) is 3.52. The fourth-order valence-electron chi connectivity index (χ4n) is 2.38. The average molecular weight is 384 g/mol. The van der Waals surface area contributed by atoms with E-state index in [0.29, 0.717) is 18.1 Å². The lowest BCUT2D eigenvalue weighted by Gasteiger charge is -2.37. The van der Waals surface area contributed by atoms with Gasteiger partial charge in [-0.25, -0.2) is 0 Å². The van der Waals surface area contributed by atoms with Gasteiger partial charge >= 0.3 is 0 Å². The van der Waals surface area contributed by atoms with E-state index in [1.54, 1.807) is 4.90 Å². The SMILES string of the molecule is Cl.Cl.NC(=O)CC(N)C(=O)N1CCN(c2ccc(Cl)cc2)CC1. The fraction of sp³-hybridized carbons (Fsp3) is 0.429. The molecule has 1 heterocycles. The molecule has 1 saturated heterocycles. The molecule has 1 atom stereocenters. The van der Waals surface area contributed by atoms with Crippen molar-refractivity contribution in [1.82, 2.24) is 4.90 Å². The maximum Gasteiger partial charge on any atom is 0.240 e. The van der Waals surface area contributed by atoms with Crippen LogP contribution in [0.2, 0.25) is 5.02 Å². The summed E-state index contributed by atoms with van der Waals surface area (Å²) in [5.41, 5.74) is 11.8. The minimum atomic E-state index is -0.843. The van der Waals surface area contributed by atoms with Gasteiger partial charge in [-0.2, -0.15) is 0 Å². The topological polar surface area (TPSA) is 92.7 Å². The standard InChI is InChI=1S/C14H19ClN4O2.2ClH/c15-10-1-3-11(4-2-10)18-5-7-19(8-6-18)14(21)12(16)9-13(17)20;;/h1-4,12H,5-9,16H2,(H2,17,20);2*1H. The highest BCUT2D eigenvalue weighted by Gasteiger charge is 2.26. The van der Waals surface area contributed by atoms with Crippen molar-refractivity contribution in [2.75, 3.05) is 31.1 Å². The third kappa shape index (κ3) is 6.06. The lowest BCUT2D eigenvalue weighted by atomic mass is 10.1. The molecule has 130 valence electrons. The van der Waals surface area contributed by atoms with Crippen LogP contribution in [0.4, 0.5) is 5.69 Å². The molecular weight excluding hydrogens is 363 g/mol. The minimum Gasteiger partial charge on any atom is -0.370 e. The number of nitrogens with zero attached hydrogens (tertiary/aromatic N) is 2. The second kappa shape index (κ2) is 9.82. The summed E-state index contributed by atoms with van der Waals surface area (Å²) in [6.07, 6.45) is -0.115. The summed E-state index contributed by atoms with van der Waals surface area (Å²) in [6.45, 7) is 2.59. The second-order valence-electron chi connectivity index (χ2n) is 5.07. The fourth-order valence-corrected chi connectivity index (χ4v) is 2.50. The predicted molar refractivity (Wildman–Crippen MR) is 96.5 cm³/mol. The quantitative estimate of drug-likeness (QED) is 0.812. The number of primary amides is 1. The van der Waals surface area contributed by atoms with Crippen molar-refractivity contribution in [3.63, 3.8) is 0 Å². The molecule has 0 aliphatic carbocycles. The summed E-state index contributed by atoms with van der Waals surface area (Å²) in [4.78, 5) is 26.8. The molecule has 2 amide bonds. The first-order valence-corrected chi connectivity index (χ1v) is 7.18. The average Bonchev–Trinajstić information content (AvgIpc) is 2.47. The molecule has 1 aromatic carbocycles. The summed E-state index contributed by atoms with van der Waals surface area (Å²) in [5.74, 6) is -0.778. The highest BCUT2D eigenvalue weighted by molar-refractivity contribution is 6.30. The molecule has 6 nitrogen and oxygen atoms in total. The van der Waals surface area contributed by atoms with Gasteiger partial charge in [0, 0.05) is 36.9 Å². The molecule has 0 bridgehead atoms. The van der Waals surface area contributed by atoms with Gasteiger partial charge in [-0.1, -0.05) is 11.6 Å². The number of nitrogens with two attached hydrogens (primary N) is 2. The van der Waals surface area contributed by atoms with Gasteiger partial charge < -0.3 is 21.3 Å². The molecular formula is C14H21Cl3N4O2. The van der Waals surface area contributed by atoms with E-state index in [-0.39, 0.29) is 37.1 Å². The van der Waals surface area contributed by atoms with Gasteiger partial charge in [-0.05, 0) is 24.3 Å². The number of carbonyl (C=O) groups excluding carboxylic acids is 2. The molecule has 1 aliphatic rings. The summed E-state index contributed by atoms with van der Waals surface area (Å²) in [7, 11) is 0. The zero-order valence-electron chi connectivity index (χ0n) is 12.5. The summed E-state index contributed by atoms with van der Waals surface area (Å²) >= 11 is 5.87. The number of halogens is 3. The Labute approximate surface area is 152 Å². The van der Waals surface area contributed by atoms with Crippen LogP contribution in [0.3, 0.4) is 0 Å². The Bertz CT molecular complexity index is 519. The molecule has 0 aromatic heterocycles. The lowest BCUT2D eigenvalue weighted by Crippen LogP contribution is -2.53. The Morgan fingerprint density at radius 2 is 1.61 bits per heavy atom. The van der Waals surface area contributed by atoms with Crippen LogP contribution in [0, 0.1) is 0 Å². The van der Waals surface area contributed by atoms with Crippen LogP contribution < -0.4 is 16.4 Å². The molecule has 1 unspecified atom stereocenters. The minimum absolute atomic E-state index is 0. The van der Waals surface area contributed by atoms with E-state index < -0.39 is 11.9 Å². The number of piperazine rings is 1. The Kier molecular flexibility index (Phi) is 9.31. The summed E-state index contributed by atoms with van der Waals surface area (Å²) in [6, 6.07) is 6.76. The number of amides is 2. The normalized spacial score (nSPS) is 15.2.